The second-order valence-electron chi connectivity index (χ2n) is 6.02. The molecule has 0 saturated carbocycles. The van der Waals surface area contributed by atoms with Gasteiger partial charge in [0.1, 0.15) is 5.75 Å². The van der Waals surface area contributed by atoms with Crippen LogP contribution in [0.1, 0.15) is 38.7 Å². The maximum absolute atomic E-state index is 11.6. The fourth-order valence-electron chi connectivity index (χ4n) is 2.28. The van der Waals surface area contributed by atoms with Gasteiger partial charge in [0.05, 0.1) is 6.61 Å². The van der Waals surface area contributed by atoms with E-state index < -0.39 is 0 Å². The van der Waals surface area contributed by atoms with Crippen LogP contribution in [0.3, 0.4) is 0 Å². The van der Waals surface area contributed by atoms with Crippen LogP contribution in [0.15, 0.2) is 18.2 Å². The lowest BCUT2D eigenvalue weighted by molar-refractivity contribution is -0.121. The lowest BCUT2D eigenvalue weighted by Gasteiger charge is -2.17. The molecule has 1 aromatic rings. The summed E-state index contributed by atoms with van der Waals surface area (Å²) in [5.41, 5.74) is 1.98. The van der Waals surface area contributed by atoms with Crippen molar-refractivity contribution >= 4 is 17.5 Å². The molecule has 1 heterocycles. The van der Waals surface area contributed by atoms with Crippen molar-refractivity contribution in [1.29, 1.82) is 0 Å². The molecule has 5 nitrogen and oxygen atoms in total. The van der Waals surface area contributed by atoms with Crippen LogP contribution < -0.4 is 15.4 Å². The first-order valence-corrected chi connectivity index (χ1v) is 7.87. The zero-order chi connectivity index (χ0) is 15.9. The summed E-state index contributed by atoms with van der Waals surface area (Å²) in [6.45, 7) is 5.38. The fourth-order valence-corrected chi connectivity index (χ4v) is 2.28. The predicted molar refractivity (Wildman–Crippen MR) is 86.0 cm³/mol. The van der Waals surface area contributed by atoms with Gasteiger partial charge in [0, 0.05) is 25.1 Å². The molecule has 1 aromatic carbocycles. The van der Waals surface area contributed by atoms with Crippen molar-refractivity contribution in [3.05, 3.63) is 23.8 Å². The smallest absolute Gasteiger partial charge is 0.224 e. The van der Waals surface area contributed by atoms with Gasteiger partial charge in [-0.15, -0.1) is 0 Å². The molecule has 0 fully saturated rings. The molecule has 2 rings (SSSR count). The molecule has 0 spiro atoms. The minimum Gasteiger partial charge on any atom is -0.494 e. The topological polar surface area (TPSA) is 67.4 Å². The first-order chi connectivity index (χ1) is 10.5. The molecule has 0 radical (unpaired) electrons. The normalized spacial score (nSPS) is 13.5. The third-order valence-corrected chi connectivity index (χ3v) is 3.50. The van der Waals surface area contributed by atoms with Crippen LogP contribution in [0.5, 0.6) is 5.75 Å². The van der Waals surface area contributed by atoms with Gasteiger partial charge >= 0.3 is 0 Å². The van der Waals surface area contributed by atoms with Crippen LogP contribution >= 0.6 is 0 Å². The number of benzene rings is 1. The minimum atomic E-state index is 0.0635. The van der Waals surface area contributed by atoms with E-state index in [1.54, 1.807) is 0 Å². The molecule has 0 aromatic heterocycles. The van der Waals surface area contributed by atoms with Crippen molar-refractivity contribution in [1.82, 2.24) is 5.32 Å². The number of anilines is 1. The standard InChI is InChI=1S/C17H24N2O3/c1-12(2)11-18-16(20)4-3-9-22-14-6-7-15-13(10-14)5-8-17(21)19-15/h6-7,10,12H,3-5,8-9,11H2,1-2H3,(H,18,20)(H,19,21). The summed E-state index contributed by atoms with van der Waals surface area (Å²) in [5.74, 6) is 1.40. The van der Waals surface area contributed by atoms with E-state index in [1.165, 1.54) is 0 Å². The monoisotopic (exact) mass is 304 g/mol. The van der Waals surface area contributed by atoms with E-state index in [4.69, 9.17) is 4.74 Å². The summed E-state index contributed by atoms with van der Waals surface area (Å²) in [4.78, 5) is 22.9. The van der Waals surface area contributed by atoms with Gasteiger partial charge in [-0.05, 0) is 42.5 Å². The third-order valence-electron chi connectivity index (χ3n) is 3.50. The molecule has 5 heteroatoms. The quantitative estimate of drug-likeness (QED) is 0.761. The summed E-state index contributed by atoms with van der Waals surface area (Å²) < 4.78 is 5.68. The molecule has 0 saturated heterocycles. The summed E-state index contributed by atoms with van der Waals surface area (Å²) in [6.07, 6.45) is 2.44. The van der Waals surface area contributed by atoms with Gasteiger partial charge in [-0.3, -0.25) is 9.59 Å². The first-order valence-electron chi connectivity index (χ1n) is 7.87. The van der Waals surface area contributed by atoms with Gasteiger partial charge in [-0.1, -0.05) is 13.8 Å². The molecule has 22 heavy (non-hydrogen) atoms. The van der Waals surface area contributed by atoms with Crippen molar-refractivity contribution in [2.75, 3.05) is 18.5 Å². The number of rotatable bonds is 7. The number of carbonyl (C=O) groups excluding carboxylic acids is 2. The number of hydrogen-bond acceptors (Lipinski definition) is 3. The van der Waals surface area contributed by atoms with Crippen molar-refractivity contribution in [3.63, 3.8) is 0 Å². The van der Waals surface area contributed by atoms with Gasteiger partial charge in [-0.2, -0.15) is 0 Å². The van der Waals surface area contributed by atoms with E-state index in [2.05, 4.69) is 24.5 Å². The van der Waals surface area contributed by atoms with Crippen LogP contribution in [-0.2, 0) is 16.0 Å². The summed E-state index contributed by atoms with van der Waals surface area (Å²) >= 11 is 0. The Morgan fingerprint density at radius 1 is 1.36 bits per heavy atom. The van der Waals surface area contributed by atoms with Gasteiger partial charge in [-0.25, -0.2) is 0 Å². The zero-order valence-electron chi connectivity index (χ0n) is 13.3. The number of hydrogen-bond donors (Lipinski definition) is 2. The van der Waals surface area contributed by atoms with Crippen molar-refractivity contribution < 1.29 is 14.3 Å². The molecule has 1 aliphatic rings. The fraction of sp³-hybridized carbons (Fsp3) is 0.529. The number of fused-ring (bicyclic) bond motifs is 1. The largest absolute Gasteiger partial charge is 0.494 e. The van der Waals surface area contributed by atoms with Crippen molar-refractivity contribution in [3.8, 4) is 5.75 Å². The van der Waals surface area contributed by atoms with Crippen molar-refractivity contribution in [2.45, 2.75) is 39.5 Å². The van der Waals surface area contributed by atoms with Gasteiger partial charge in [0.15, 0.2) is 0 Å². The second-order valence-corrected chi connectivity index (χ2v) is 6.02. The SMILES string of the molecule is CC(C)CNC(=O)CCCOc1ccc2c(c1)CCC(=O)N2. The summed E-state index contributed by atoms with van der Waals surface area (Å²) in [6, 6.07) is 5.69. The molecule has 0 aliphatic carbocycles. The van der Waals surface area contributed by atoms with Gasteiger partial charge < -0.3 is 15.4 Å². The maximum Gasteiger partial charge on any atom is 0.224 e. The lowest BCUT2D eigenvalue weighted by atomic mass is 10.0. The second kappa shape index (κ2) is 7.82. The highest BCUT2D eigenvalue weighted by Crippen LogP contribution is 2.26. The van der Waals surface area contributed by atoms with Crippen LogP contribution in [0, 0.1) is 5.92 Å². The van der Waals surface area contributed by atoms with E-state index in [-0.39, 0.29) is 11.8 Å². The maximum atomic E-state index is 11.6. The number of nitrogens with one attached hydrogen (secondary N) is 2. The van der Waals surface area contributed by atoms with Crippen LogP contribution in [-0.4, -0.2) is 25.0 Å². The first kappa shape index (κ1) is 16.3. The van der Waals surface area contributed by atoms with E-state index in [0.717, 1.165) is 30.0 Å². The van der Waals surface area contributed by atoms with Crippen molar-refractivity contribution in [2.24, 2.45) is 5.92 Å². The zero-order valence-corrected chi connectivity index (χ0v) is 13.3. The average Bonchev–Trinajstić information content (AvgIpc) is 2.49. The van der Waals surface area contributed by atoms with Crippen LogP contribution in [0.2, 0.25) is 0 Å². The summed E-state index contributed by atoms with van der Waals surface area (Å²) in [7, 11) is 0. The highest BCUT2D eigenvalue weighted by molar-refractivity contribution is 5.93. The molecule has 1 aliphatic heterocycles. The number of amides is 2. The van der Waals surface area contributed by atoms with Gasteiger partial charge in [0.25, 0.3) is 0 Å². The number of ether oxygens (including phenoxy) is 1. The Balaban J connectivity index is 1.71. The molecular formula is C17H24N2O3. The molecule has 0 atom stereocenters. The molecule has 0 unspecified atom stereocenters. The number of carbonyl (C=O) groups is 2. The average molecular weight is 304 g/mol. The van der Waals surface area contributed by atoms with E-state index in [9.17, 15) is 9.59 Å². The van der Waals surface area contributed by atoms with Gasteiger partial charge in [0.2, 0.25) is 11.8 Å². The third kappa shape index (κ3) is 5.06. The Hall–Kier alpha value is -2.04. The predicted octanol–water partition coefficient (Wildman–Crippen LogP) is 2.50. The number of aryl methyl sites for hydroxylation is 1. The molecule has 2 N–H and O–H groups in total. The van der Waals surface area contributed by atoms with Crippen LogP contribution in [0.25, 0.3) is 0 Å². The summed E-state index contributed by atoms with van der Waals surface area (Å²) in [5, 5.41) is 5.74. The van der Waals surface area contributed by atoms with Crippen LogP contribution in [0.4, 0.5) is 5.69 Å². The Morgan fingerprint density at radius 3 is 2.95 bits per heavy atom. The molecular weight excluding hydrogens is 280 g/mol. The molecule has 0 bridgehead atoms. The van der Waals surface area contributed by atoms with E-state index >= 15 is 0 Å². The van der Waals surface area contributed by atoms with E-state index in [0.29, 0.717) is 31.8 Å². The Labute approximate surface area is 131 Å². The van der Waals surface area contributed by atoms with E-state index in [1.807, 2.05) is 18.2 Å². The highest BCUT2D eigenvalue weighted by atomic mass is 16.5. The Bertz CT molecular complexity index is 541. The lowest BCUT2D eigenvalue weighted by Crippen LogP contribution is -2.27. The Kier molecular flexibility index (Phi) is 5.81. The minimum absolute atomic E-state index is 0.0635. The molecule has 2 amide bonds. The highest BCUT2D eigenvalue weighted by Gasteiger charge is 2.14. The Morgan fingerprint density at radius 2 is 2.18 bits per heavy atom. The molecule has 120 valence electrons.